The lowest BCUT2D eigenvalue weighted by molar-refractivity contribution is -0.127. The average Bonchev–Trinajstić information content (AvgIpc) is 3.11. The molecule has 0 unspecified atom stereocenters. The van der Waals surface area contributed by atoms with E-state index < -0.39 is 0 Å². The van der Waals surface area contributed by atoms with E-state index in [9.17, 15) is 4.79 Å². The zero-order valence-electron chi connectivity index (χ0n) is 14.6. The van der Waals surface area contributed by atoms with Gasteiger partial charge in [-0.2, -0.15) is 0 Å². The number of hydrogen-bond acceptors (Lipinski definition) is 2. The van der Waals surface area contributed by atoms with E-state index in [0.29, 0.717) is 0 Å². The van der Waals surface area contributed by atoms with Gasteiger partial charge in [0.1, 0.15) is 11.9 Å². The van der Waals surface area contributed by atoms with Crippen LogP contribution in [0.3, 0.4) is 0 Å². The number of rotatable bonds is 5. The molecule has 1 amide bonds. The first-order chi connectivity index (χ1) is 11.7. The van der Waals surface area contributed by atoms with Crippen LogP contribution in [-0.2, 0) is 4.79 Å². The first kappa shape index (κ1) is 16.8. The van der Waals surface area contributed by atoms with E-state index in [2.05, 4.69) is 31.7 Å². The van der Waals surface area contributed by atoms with Gasteiger partial charge in [0.05, 0.1) is 0 Å². The maximum Gasteiger partial charge on any atom is 0.245 e. The summed E-state index contributed by atoms with van der Waals surface area (Å²) in [6.07, 6.45) is 8.21. The van der Waals surface area contributed by atoms with E-state index in [1.54, 1.807) is 5.57 Å². The fraction of sp³-hybridized carbons (Fsp3) is 0.476. The number of hydrogen-bond donors (Lipinski definition) is 0. The van der Waals surface area contributed by atoms with Crippen LogP contribution >= 0.6 is 0 Å². The molecule has 3 heteroatoms. The number of benzene rings is 1. The standard InChI is InChI=1S/C21H27NO2/c1-3-16-7-6-10-20(16)17-8-5-9-19(15-17)24-18-11-13-22(14-12-18)21(23)4-2/h4-5,8-9,15,18H,2-3,6-7,10-14H2,1H3. The van der Waals surface area contributed by atoms with Crippen molar-refractivity contribution < 1.29 is 9.53 Å². The molecule has 0 spiro atoms. The van der Waals surface area contributed by atoms with E-state index in [0.717, 1.165) is 38.1 Å². The first-order valence-corrected chi connectivity index (χ1v) is 9.10. The first-order valence-electron chi connectivity index (χ1n) is 9.10. The van der Waals surface area contributed by atoms with Crippen molar-refractivity contribution in [2.24, 2.45) is 0 Å². The van der Waals surface area contributed by atoms with Crippen LogP contribution in [0.4, 0.5) is 0 Å². The lowest BCUT2D eigenvalue weighted by Crippen LogP contribution is -2.41. The second-order valence-corrected chi connectivity index (χ2v) is 6.66. The molecule has 128 valence electrons. The van der Waals surface area contributed by atoms with Crippen molar-refractivity contribution in [1.29, 1.82) is 0 Å². The SMILES string of the molecule is C=CC(=O)N1CCC(Oc2cccc(C3=C(CC)CCC3)c2)CC1. The van der Waals surface area contributed by atoms with Crippen molar-refractivity contribution in [3.8, 4) is 5.75 Å². The van der Waals surface area contributed by atoms with Crippen LogP contribution in [0.1, 0.15) is 51.0 Å². The highest BCUT2D eigenvalue weighted by atomic mass is 16.5. The van der Waals surface area contributed by atoms with Gasteiger partial charge in [0.2, 0.25) is 5.91 Å². The Morgan fingerprint density at radius 3 is 2.83 bits per heavy atom. The van der Waals surface area contributed by atoms with Crippen LogP contribution < -0.4 is 4.74 Å². The Morgan fingerprint density at radius 2 is 2.12 bits per heavy atom. The second kappa shape index (κ2) is 7.69. The molecule has 1 aliphatic heterocycles. The Labute approximate surface area is 145 Å². The predicted octanol–water partition coefficient (Wildman–Crippen LogP) is 4.59. The zero-order chi connectivity index (χ0) is 16.9. The molecule has 24 heavy (non-hydrogen) atoms. The van der Waals surface area contributed by atoms with Crippen molar-refractivity contribution >= 4 is 11.5 Å². The Hall–Kier alpha value is -2.03. The van der Waals surface area contributed by atoms with Crippen molar-refractivity contribution in [3.63, 3.8) is 0 Å². The Bertz CT molecular complexity index is 639. The number of ether oxygens (including phenoxy) is 1. The van der Waals surface area contributed by atoms with Crippen molar-refractivity contribution in [2.45, 2.75) is 51.6 Å². The molecular weight excluding hydrogens is 298 g/mol. The molecule has 1 fully saturated rings. The minimum Gasteiger partial charge on any atom is -0.490 e. The molecule has 3 nitrogen and oxygen atoms in total. The summed E-state index contributed by atoms with van der Waals surface area (Å²) in [4.78, 5) is 13.5. The van der Waals surface area contributed by atoms with Crippen molar-refractivity contribution in [2.75, 3.05) is 13.1 Å². The van der Waals surface area contributed by atoms with Gasteiger partial charge in [-0.05, 0) is 55.0 Å². The van der Waals surface area contributed by atoms with Crippen LogP contribution in [0, 0.1) is 0 Å². The minimum absolute atomic E-state index is 0.0238. The molecule has 3 rings (SSSR count). The predicted molar refractivity (Wildman–Crippen MR) is 97.9 cm³/mol. The van der Waals surface area contributed by atoms with Gasteiger partial charge in [0.25, 0.3) is 0 Å². The summed E-state index contributed by atoms with van der Waals surface area (Å²) in [6.45, 7) is 7.31. The molecule has 0 saturated carbocycles. The minimum atomic E-state index is 0.0238. The highest BCUT2D eigenvalue weighted by Crippen LogP contribution is 2.36. The fourth-order valence-corrected chi connectivity index (χ4v) is 3.82. The Balaban J connectivity index is 1.64. The van der Waals surface area contributed by atoms with Gasteiger partial charge in [-0.3, -0.25) is 4.79 Å². The van der Waals surface area contributed by atoms with Crippen LogP contribution in [-0.4, -0.2) is 30.0 Å². The normalized spacial score (nSPS) is 18.8. The molecule has 0 aromatic heterocycles. The highest BCUT2D eigenvalue weighted by molar-refractivity contribution is 5.87. The summed E-state index contributed by atoms with van der Waals surface area (Å²) in [5.74, 6) is 0.978. The summed E-state index contributed by atoms with van der Waals surface area (Å²) in [6, 6.07) is 8.54. The van der Waals surface area contributed by atoms with Crippen LogP contribution in [0.5, 0.6) is 5.75 Å². The van der Waals surface area contributed by atoms with E-state index in [1.165, 1.54) is 36.5 Å². The monoisotopic (exact) mass is 325 g/mol. The van der Waals surface area contributed by atoms with E-state index in [-0.39, 0.29) is 12.0 Å². The van der Waals surface area contributed by atoms with Gasteiger partial charge in [-0.15, -0.1) is 0 Å². The van der Waals surface area contributed by atoms with Gasteiger partial charge in [-0.25, -0.2) is 0 Å². The zero-order valence-corrected chi connectivity index (χ0v) is 14.6. The van der Waals surface area contributed by atoms with Gasteiger partial charge >= 0.3 is 0 Å². The molecule has 2 aliphatic rings. The molecule has 0 N–H and O–H groups in total. The lowest BCUT2D eigenvalue weighted by Gasteiger charge is -2.31. The number of amides is 1. The number of piperidine rings is 1. The van der Waals surface area contributed by atoms with Crippen LogP contribution in [0.2, 0.25) is 0 Å². The summed E-state index contributed by atoms with van der Waals surface area (Å²) in [5.41, 5.74) is 4.44. The molecule has 1 saturated heterocycles. The van der Waals surface area contributed by atoms with Crippen molar-refractivity contribution in [1.82, 2.24) is 4.90 Å². The Kier molecular flexibility index (Phi) is 5.39. The smallest absolute Gasteiger partial charge is 0.245 e. The highest BCUT2D eigenvalue weighted by Gasteiger charge is 2.23. The topological polar surface area (TPSA) is 29.5 Å². The van der Waals surface area contributed by atoms with E-state index in [4.69, 9.17) is 4.74 Å². The molecule has 0 atom stereocenters. The molecule has 1 heterocycles. The maximum atomic E-state index is 11.6. The largest absolute Gasteiger partial charge is 0.490 e. The second-order valence-electron chi connectivity index (χ2n) is 6.66. The molecule has 1 aromatic carbocycles. The number of carbonyl (C=O) groups is 1. The summed E-state index contributed by atoms with van der Waals surface area (Å²) < 4.78 is 6.20. The molecule has 0 radical (unpaired) electrons. The third-order valence-electron chi connectivity index (χ3n) is 5.17. The number of allylic oxidation sites excluding steroid dienone is 2. The quantitative estimate of drug-likeness (QED) is 0.741. The third-order valence-corrected chi connectivity index (χ3v) is 5.17. The van der Waals surface area contributed by atoms with Gasteiger partial charge in [0.15, 0.2) is 0 Å². The number of carbonyl (C=O) groups excluding carboxylic acids is 1. The van der Waals surface area contributed by atoms with Gasteiger partial charge in [0, 0.05) is 25.9 Å². The van der Waals surface area contributed by atoms with E-state index in [1.807, 2.05) is 11.0 Å². The third kappa shape index (κ3) is 3.72. The van der Waals surface area contributed by atoms with Gasteiger partial charge < -0.3 is 9.64 Å². The van der Waals surface area contributed by atoms with E-state index >= 15 is 0 Å². The summed E-state index contributed by atoms with van der Waals surface area (Å²) >= 11 is 0. The van der Waals surface area contributed by atoms with Crippen molar-refractivity contribution in [3.05, 3.63) is 48.1 Å². The van der Waals surface area contributed by atoms with Gasteiger partial charge in [-0.1, -0.05) is 31.2 Å². The Morgan fingerprint density at radius 1 is 1.33 bits per heavy atom. The summed E-state index contributed by atoms with van der Waals surface area (Å²) in [5, 5.41) is 0. The van der Waals surface area contributed by atoms with Crippen LogP contribution in [0.15, 0.2) is 42.5 Å². The number of nitrogens with zero attached hydrogens (tertiary/aromatic N) is 1. The lowest BCUT2D eigenvalue weighted by atomic mass is 10.0. The molecule has 1 aliphatic carbocycles. The molecule has 0 bridgehead atoms. The van der Waals surface area contributed by atoms with Crippen LogP contribution in [0.25, 0.3) is 5.57 Å². The fourth-order valence-electron chi connectivity index (χ4n) is 3.82. The number of likely N-dealkylation sites (tertiary alicyclic amines) is 1. The molecule has 1 aromatic rings. The summed E-state index contributed by atoms with van der Waals surface area (Å²) in [7, 11) is 0. The average molecular weight is 325 g/mol. The maximum absolute atomic E-state index is 11.6. The molecular formula is C21H27NO2.